The van der Waals surface area contributed by atoms with Gasteiger partial charge in [0.1, 0.15) is 18.1 Å². The number of alkyl halides is 2. The van der Waals surface area contributed by atoms with Crippen LogP contribution in [0.5, 0.6) is 11.5 Å². The van der Waals surface area contributed by atoms with Crippen LogP contribution in [0.3, 0.4) is 0 Å². The van der Waals surface area contributed by atoms with Crippen molar-refractivity contribution in [3.8, 4) is 11.5 Å². The topological polar surface area (TPSA) is 109 Å². The number of benzene rings is 2. The molecule has 1 aliphatic heterocycles. The second-order valence-electron chi connectivity index (χ2n) is 8.09. The van der Waals surface area contributed by atoms with Crippen LogP contribution >= 0.6 is 0 Å². The van der Waals surface area contributed by atoms with Crippen LogP contribution in [-0.2, 0) is 6.61 Å². The van der Waals surface area contributed by atoms with Gasteiger partial charge in [0.25, 0.3) is 0 Å². The molecule has 184 valence electrons. The van der Waals surface area contributed by atoms with Crippen molar-refractivity contribution in [3.05, 3.63) is 58.8 Å². The summed E-state index contributed by atoms with van der Waals surface area (Å²) in [7, 11) is 1.32. The minimum atomic E-state index is -3.07. The number of hydrogen-bond donors (Lipinski definition) is 3. The lowest BCUT2D eigenvalue weighted by molar-refractivity contribution is -0.0508. The lowest BCUT2D eigenvalue weighted by Gasteiger charge is -2.25. The fourth-order valence-electron chi connectivity index (χ4n) is 3.63. The molecule has 1 aliphatic rings. The van der Waals surface area contributed by atoms with Crippen LogP contribution in [0.2, 0.25) is 0 Å². The number of amides is 2. The van der Waals surface area contributed by atoms with Gasteiger partial charge in [-0.1, -0.05) is 6.07 Å². The SMILES string of the molecule is CC1=C(C)N(c2ccc(OCc3c(OC(F)F)cccc3N(N)C(=O)N(C)N)c(C)c2)NC1C. The van der Waals surface area contributed by atoms with Gasteiger partial charge in [0.05, 0.1) is 16.9 Å². The van der Waals surface area contributed by atoms with Crippen LogP contribution in [0.1, 0.15) is 31.9 Å². The molecule has 0 bridgehead atoms. The van der Waals surface area contributed by atoms with Crippen molar-refractivity contribution in [2.75, 3.05) is 17.1 Å². The Morgan fingerprint density at radius 2 is 1.88 bits per heavy atom. The summed E-state index contributed by atoms with van der Waals surface area (Å²) in [5.74, 6) is 11.8. The monoisotopic (exact) mass is 476 g/mol. The summed E-state index contributed by atoms with van der Waals surface area (Å²) in [5.41, 5.74) is 7.86. The van der Waals surface area contributed by atoms with E-state index in [1.165, 1.54) is 30.8 Å². The van der Waals surface area contributed by atoms with Gasteiger partial charge >= 0.3 is 12.6 Å². The number of carbonyl (C=O) groups excluding carboxylic acids is 1. The molecule has 0 fully saturated rings. The molecule has 1 atom stereocenters. The number of allylic oxidation sites excluding steroid dienone is 1. The first-order valence-electron chi connectivity index (χ1n) is 10.6. The van der Waals surface area contributed by atoms with Gasteiger partial charge in [0.15, 0.2) is 0 Å². The number of ether oxygens (including phenoxy) is 2. The van der Waals surface area contributed by atoms with E-state index in [0.717, 1.165) is 27.0 Å². The smallest absolute Gasteiger partial charge is 0.387 e. The van der Waals surface area contributed by atoms with Crippen molar-refractivity contribution in [3.63, 3.8) is 0 Å². The zero-order valence-corrected chi connectivity index (χ0v) is 19.8. The van der Waals surface area contributed by atoms with Gasteiger partial charge in [-0.25, -0.2) is 26.9 Å². The molecule has 34 heavy (non-hydrogen) atoms. The number of rotatable bonds is 7. The van der Waals surface area contributed by atoms with E-state index in [1.54, 1.807) is 6.07 Å². The second kappa shape index (κ2) is 10.2. The largest absolute Gasteiger partial charge is 0.488 e. The number of hydrazine groups is 3. The number of aryl methyl sites for hydroxylation is 1. The van der Waals surface area contributed by atoms with Gasteiger partial charge in [-0.3, -0.25) is 10.0 Å². The molecule has 1 heterocycles. The standard InChI is InChI=1S/C23H30F2N6O3/c1-13-11-17(31-16(4)14(2)15(3)28-31)9-10-20(13)33-12-18-19(30(27)23(32)29(5)26)7-6-8-21(18)34-22(24)25/h6-11,15,22,28H,12,26-27H2,1-5H3. The lowest BCUT2D eigenvalue weighted by atomic mass is 10.1. The molecule has 0 saturated heterocycles. The van der Waals surface area contributed by atoms with Crippen molar-refractivity contribution in [2.24, 2.45) is 11.7 Å². The Kier molecular flexibility index (Phi) is 7.60. The summed E-state index contributed by atoms with van der Waals surface area (Å²) in [6.07, 6.45) is 0. The molecule has 0 saturated carbocycles. The highest BCUT2D eigenvalue weighted by Crippen LogP contribution is 2.34. The van der Waals surface area contributed by atoms with E-state index >= 15 is 0 Å². The third-order valence-electron chi connectivity index (χ3n) is 5.76. The third kappa shape index (κ3) is 5.22. The molecule has 3 rings (SSSR count). The van der Waals surface area contributed by atoms with Crippen molar-refractivity contribution in [1.29, 1.82) is 0 Å². The second-order valence-corrected chi connectivity index (χ2v) is 8.09. The fraction of sp³-hybridized carbons (Fsp3) is 0.348. The Balaban J connectivity index is 1.87. The summed E-state index contributed by atoms with van der Waals surface area (Å²) in [4.78, 5) is 12.3. The molecule has 1 unspecified atom stereocenters. The summed E-state index contributed by atoms with van der Waals surface area (Å²) in [5, 5.41) is 3.55. The van der Waals surface area contributed by atoms with Gasteiger partial charge < -0.3 is 9.47 Å². The van der Waals surface area contributed by atoms with Crippen LogP contribution in [-0.4, -0.2) is 30.7 Å². The number of halogens is 2. The molecule has 0 aliphatic carbocycles. The molecule has 11 heteroatoms. The van der Waals surface area contributed by atoms with Gasteiger partial charge in [-0.05, 0) is 69.2 Å². The maximum absolute atomic E-state index is 13.0. The molecule has 9 nitrogen and oxygen atoms in total. The Labute approximate surface area is 197 Å². The van der Waals surface area contributed by atoms with Crippen molar-refractivity contribution in [2.45, 2.75) is 47.0 Å². The highest BCUT2D eigenvalue weighted by Gasteiger charge is 2.25. The maximum atomic E-state index is 13.0. The van der Waals surface area contributed by atoms with Gasteiger partial charge in [-0.15, -0.1) is 0 Å². The van der Waals surface area contributed by atoms with E-state index in [1.807, 2.05) is 31.0 Å². The van der Waals surface area contributed by atoms with E-state index in [0.29, 0.717) is 5.75 Å². The number of nitrogens with two attached hydrogens (primary N) is 2. The molecular formula is C23H30F2N6O3. The zero-order valence-electron chi connectivity index (χ0n) is 19.8. The zero-order chi connectivity index (χ0) is 25.2. The summed E-state index contributed by atoms with van der Waals surface area (Å²) in [6.45, 7) is 4.87. The van der Waals surface area contributed by atoms with Crippen LogP contribution in [0, 0.1) is 6.92 Å². The number of nitrogens with one attached hydrogen (secondary N) is 1. The molecule has 0 radical (unpaired) electrons. The molecular weight excluding hydrogens is 446 g/mol. The predicted octanol–water partition coefficient (Wildman–Crippen LogP) is 3.79. The van der Waals surface area contributed by atoms with Crippen molar-refractivity contribution < 1.29 is 23.0 Å². The average molecular weight is 477 g/mol. The predicted molar refractivity (Wildman–Crippen MR) is 126 cm³/mol. The minimum Gasteiger partial charge on any atom is -0.488 e. The Bertz CT molecular complexity index is 1090. The number of hydrogen-bond acceptors (Lipinski definition) is 7. The summed E-state index contributed by atoms with van der Waals surface area (Å²) >= 11 is 0. The molecule has 2 amide bonds. The molecule has 0 spiro atoms. The molecule has 0 aromatic heterocycles. The Morgan fingerprint density at radius 1 is 1.18 bits per heavy atom. The van der Waals surface area contributed by atoms with Crippen molar-refractivity contribution >= 4 is 17.4 Å². The highest BCUT2D eigenvalue weighted by molar-refractivity contribution is 5.91. The minimum absolute atomic E-state index is 0.126. The Hall–Kier alpha value is -3.41. The lowest BCUT2D eigenvalue weighted by Crippen LogP contribution is -2.49. The van der Waals surface area contributed by atoms with Crippen molar-refractivity contribution in [1.82, 2.24) is 10.4 Å². The quantitative estimate of drug-likeness (QED) is 0.317. The molecule has 5 N–H and O–H groups in total. The van der Waals surface area contributed by atoms with E-state index < -0.39 is 12.6 Å². The van der Waals surface area contributed by atoms with E-state index in [2.05, 4.69) is 24.0 Å². The third-order valence-corrected chi connectivity index (χ3v) is 5.76. The number of nitrogens with zero attached hydrogens (tertiary/aromatic N) is 3. The summed E-state index contributed by atoms with van der Waals surface area (Å²) < 4.78 is 36.6. The van der Waals surface area contributed by atoms with Crippen LogP contribution in [0.15, 0.2) is 47.7 Å². The maximum Gasteiger partial charge on any atom is 0.387 e. The number of anilines is 2. The summed E-state index contributed by atoms with van der Waals surface area (Å²) in [6, 6.07) is 9.43. The van der Waals surface area contributed by atoms with Gasteiger partial charge in [-0.2, -0.15) is 8.78 Å². The first kappa shape index (κ1) is 25.2. The van der Waals surface area contributed by atoms with Crippen LogP contribution in [0.25, 0.3) is 0 Å². The highest BCUT2D eigenvalue weighted by atomic mass is 19.3. The van der Waals surface area contributed by atoms with E-state index in [-0.39, 0.29) is 29.6 Å². The normalized spacial score (nSPS) is 15.7. The van der Waals surface area contributed by atoms with Crippen LogP contribution < -0.4 is 36.6 Å². The van der Waals surface area contributed by atoms with E-state index in [4.69, 9.17) is 16.4 Å². The first-order valence-corrected chi connectivity index (χ1v) is 10.6. The van der Waals surface area contributed by atoms with Crippen LogP contribution in [0.4, 0.5) is 25.0 Å². The first-order chi connectivity index (χ1) is 16.0. The molecule has 2 aromatic rings. The fourth-order valence-corrected chi connectivity index (χ4v) is 3.63. The number of carbonyl (C=O) groups is 1. The van der Waals surface area contributed by atoms with Gasteiger partial charge in [0.2, 0.25) is 0 Å². The van der Waals surface area contributed by atoms with E-state index in [9.17, 15) is 13.6 Å². The molecule has 2 aromatic carbocycles. The average Bonchev–Trinajstić information content (AvgIpc) is 3.04. The van der Waals surface area contributed by atoms with Gasteiger partial charge in [0, 0.05) is 18.8 Å². The Morgan fingerprint density at radius 3 is 2.44 bits per heavy atom. The number of urea groups is 1.